The van der Waals surface area contributed by atoms with Gasteiger partial charge in [-0.1, -0.05) is 70.9 Å². The van der Waals surface area contributed by atoms with Gasteiger partial charge in [-0.05, 0) is 52.2 Å². The average Bonchev–Trinajstić information content (AvgIpc) is 2.77. The smallest absolute Gasteiger partial charge is 0.383 e. The minimum Gasteiger partial charge on any atom is -0.488 e. The monoisotopic (exact) mass is 472 g/mol. The molecule has 0 atom stereocenters. The Labute approximate surface area is 205 Å². The zero-order valence-electron chi connectivity index (χ0n) is 21.9. The SMILES string of the molecule is CC/C=C/CCOc1c(OCCCCCCCCCC)c(=O)oc2cc(OC(C)(C)C)ccc12. The van der Waals surface area contributed by atoms with Crippen LogP contribution in [0, 0.1) is 0 Å². The number of hydrogen-bond acceptors (Lipinski definition) is 5. The van der Waals surface area contributed by atoms with Crippen LogP contribution in [0.3, 0.4) is 0 Å². The molecule has 0 saturated carbocycles. The van der Waals surface area contributed by atoms with Gasteiger partial charge >= 0.3 is 5.63 Å². The largest absolute Gasteiger partial charge is 0.488 e. The fourth-order valence-electron chi connectivity index (χ4n) is 3.74. The summed E-state index contributed by atoms with van der Waals surface area (Å²) in [6.07, 6.45) is 15.6. The normalized spacial score (nSPS) is 11.9. The van der Waals surface area contributed by atoms with Crippen LogP contribution in [0.1, 0.15) is 98.8 Å². The second-order valence-corrected chi connectivity index (χ2v) is 9.76. The molecule has 5 heteroatoms. The predicted molar refractivity (Wildman–Crippen MR) is 141 cm³/mol. The molecule has 0 spiro atoms. The molecule has 0 aliphatic rings. The highest BCUT2D eigenvalue weighted by molar-refractivity contribution is 5.86. The molecule has 0 unspecified atom stereocenters. The minimum absolute atomic E-state index is 0.166. The molecule has 0 amide bonds. The Morgan fingerprint density at radius 3 is 2.21 bits per heavy atom. The van der Waals surface area contributed by atoms with Gasteiger partial charge < -0.3 is 18.6 Å². The Morgan fingerprint density at radius 1 is 0.853 bits per heavy atom. The molecule has 0 saturated heterocycles. The third-order valence-corrected chi connectivity index (χ3v) is 5.39. The maximum absolute atomic E-state index is 12.8. The van der Waals surface area contributed by atoms with Crippen LogP contribution in [-0.4, -0.2) is 18.8 Å². The van der Waals surface area contributed by atoms with Crippen LogP contribution in [0.15, 0.2) is 39.6 Å². The number of benzene rings is 1. The summed E-state index contributed by atoms with van der Waals surface area (Å²) in [5, 5.41) is 0.714. The lowest BCUT2D eigenvalue weighted by molar-refractivity contribution is 0.131. The van der Waals surface area contributed by atoms with Crippen LogP contribution in [0.2, 0.25) is 0 Å². The van der Waals surface area contributed by atoms with Crippen LogP contribution in [0.4, 0.5) is 0 Å². The van der Waals surface area contributed by atoms with Crippen molar-refractivity contribution in [2.45, 2.75) is 104 Å². The molecule has 0 aliphatic heterocycles. The number of allylic oxidation sites excluding steroid dienone is 1. The van der Waals surface area contributed by atoms with E-state index in [9.17, 15) is 4.79 Å². The summed E-state index contributed by atoms with van der Waals surface area (Å²) in [6.45, 7) is 11.2. The maximum atomic E-state index is 12.8. The molecule has 190 valence electrons. The Hall–Kier alpha value is -2.43. The maximum Gasteiger partial charge on any atom is 0.383 e. The molecule has 0 radical (unpaired) electrons. The lowest BCUT2D eigenvalue weighted by atomic mass is 10.1. The second-order valence-electron chi connectivity index (χ2n) is 9.76. The summed E-state index contributed by atoms with van der Waals surface area (Å²) < 4.78 is 23.6. The van der Waals surface area contributed by atoms with Crippen molar-refractivity contribution < 1.29 is 18.6 Å². The van der Waals surface area contributed by atoms with Gasteiger partial charge in [-0.25, -0.2) is 4.79 Å². The van der Waals surface area contributed by atoms with E-state index in [2.05, 4.69) is 26.0 Å². The lowest BCUT2D eigenvalue weighted by Gasteiger charge is -2.21. The van der Waals surface area contributed by atoms with E-state index in [1.54, 1.807) is 6.07 Å². The first-order valence-corrected chi connectivity index (χ1v) is 13.1. The summed E-state index contributed by atoms with van der Waals surface area (Å²) in [5.41, 5.74) is -0.429. The Morgan fingerprint density at radius 2 is 1.53 bits per heavy atom. The number of unbranched alkanes of at least 4 members (excludes halogenated alkanes) is 7. The van der Waals surface area contributed by atoms with Gasteiger partial charge in [-0.15, -0.1) is 0 Å². The van der Waals surface area contributed by atoms with E-state index in [-0.39, 0.29) is 11.4 Å². The molecule has 1 aromatic carbocycles. The van der Waals surface area contributed by atoms with Gasteiger partial charge in [0.2, 0.25) is 5.75 Å². The molecular formula is C29H44O5. The number of hydrogen-bond donors (Lipinski definition) is 0. The van der Waals surface area contributed by atoms with Gasteiger partial charge in [-0.3, -0.25) is 0 Å². The summed E-state index contributed by atoms with van der Waals surface area (Å²) in [7, 11) is 0. The highest BCUT2D eigenvalue weighted by atomic mass is 16.5. The van der Waals surface area contributed by atoms with E-state index in [1.165, 1.54) is 38.5 Å². The first-order chi connectivity index (χ1) is 16.4. The van der Waals surface area contributed by atoms with E-state index in [4.69, 9.17) is 18.6 Å². The molecule has 0 N–H and O–H groups in total. The third-order valence-electron chi connectivity index (χ3n) is 5.39. The zero-order valence-corrected chi connectivity index (χ0v) is 21.9. The van der Waals surface area contributed by atoms with Crippen LogP contribution in [-0.2, 0) is 0 Å². The first kappa shape index (κ1) is 27.8. The fraction of sp³-hybridized carbons (Fsp3) is 0.621. The average molecular weight is 473 g/mol. The minimum atomic E-state index is -0.515. The predicted octanol–water partition coefficient (Wildman–Crippen LogP) is 8.22. The summed E-state index contributed by atoms with van der Waals surface area (Å²) in [5.74, 6) is 1.27. The van der Waals surface area contributed by atoms with Crippen molar-refractivity contribution in [3.05, 3.63) is 40.8 Å². The van der Waals surface area contributed by atoms with E-state index >= 15 is 0 Å². The molecule has 5 nitrogen and oxygen atoms in total. The quantitative estimate of drug-likeness (QED) is 0.140. The van der Waals surface area contributed by atoms with Gasteiger partial charge in [0.15, 0.2) is 5.75 Å². The molecule has 0 aliphatic carbocycles. The van der Waals surface area contributed by atoms with Crippen LogP contribution in [0.5, 0.6) is 17.2 Å². The van der Waals surface area contributed by atoms with Crippen LogP contribution < -0.4 is 19.8 Å². The molecule has 2 aromatic rings. The van der Waals surface area contributed by atoms with Crippen LogP contribution >= 0.6 is 0 Å². The van der Waals surface area contributed by atoms with Crippen molar-refractivity contribution in [3.8, 4) is 17.2 Å². The first-order valence-electron chi connectivity index (χ1n) is 13.1. The van der Waals surface area contributed by atoms with E-state index in [0.717, 1.165) is 25.7 Å². The Bertz CT molecular complexity index is 936. The van der Waals surface area contributed by atoms with E-state index < -0.39 is 5.63 Å². The highest BCUT2D eigenvalue weighted by Gasteiger charge is 2.19. The van der Waals surface area contributed by atoms with Crippen molar-refractivity contribution in [1.29, 1.82) is 0 Å². The lowest BCUT2D eigenvalue weighted by Crippen LogP contribution is -2.22. The topological polar surface area (TPSA) is 57.9 Å². The van der Waals surface area contributed by atoms with Gasteiger partial charge in [0.05, 0.1) is 18.6 Å². The number of ether oxygens (including phenoxy) is 3. The number of rotatable bonds is 16. The van der Waals surface area contributed by atoms with Gasteiger partial charge in [-0.2, -0.15) is 0 Å². The van der Waals surface area contributed by atoms with E-state index in [1.807, 2.05) is 32.9 Å². The van der Waals surface area contributed by atoms with Gasteiger partial charge in [0.1, 0.15) is 16.9 Å². The molecular weight excluding hydrogens is 428 g/mol. The van der Waals surface area contributed by atoms with Crippen LogP contribution in [0.25, 0.3) is 11.0 Å². The molecule has 1 heterocycles. The zero-order chi connectivity index (χ0) is 24.8. The summed E-state index contributed by atoms with van der Waals surface area (Å²) >= 11 is 0. The van der Waals surface area contributed by atoms with Gasteiger partial charge in [0, 0.05) is 6.07 Å². The van der Waals surface area contributed by atoms with Gasteiger partial charge in [0.25, 0.3) is 0 Å². The Balaban J connectivity index is 2.11. The van der Waals surface area contributed by atoms with E-state index in [0.29, 0.717) is 35.7 Å². The molecule has 2 rings (SSSR count). The molecule has 1 aromatic heterocycles. The summed E-state index contributed by atoms with van der Waals surface area (Å²) in [4.78, 5) is 12.8. The second kappa shape index (κ2) is 14.7. The molecule has 34 heavy (non-hydrogen) atoms. The highest BCUT2D eigenvalue weighted by Crippen LogP contribution is 2.35. The Kier molecular flexibility index (Phi) is 12.1. The molecule has 0 fully saturated rings. The van der Waals surface area contributed by atoms with Crippen molar-refractivity contribution >= 4 is 11.0 Å². The van der Waals surface area contributed by atoms with Crippen molar-refractivity contribution in [3.63, 3.8) is 0 Å². The number of fused-ring (bicyclic) bond motifs is 1. The van der Waals surface area contributed by atoms with Crippen molar-refractivity contribution in [2.75, 3.05) is 13.2 Å². The van der Waals surface area contributed by atoms with Crippen molar-refractivity contribution in [1.82, 2.24) is 0 Å². The summed E-state index contributed by atoms with van der Waals surface area (Å²) in [6, 6.07) is 5.49. The van der Waals surface area contributed by atoms with Crippen molar-refractivity contribution in [2.24, 2.45) is 0 Å². The standard InChI is InChI=1S/C29H44O5/c1-6-8-10-12-13-14-15-17-21-32-27-26(31-20-16-11-9-7-2)24-19-18-23(34-29(3,4)5)22-25(24)33-28(27)30/h9,11,18-19,22H,6-8,10,12-17,20-21H2,1-5H3/b11-9+. The molecule has 0 bridgehead atoms. The third kappa shape index (κ3) is 9.82. The fourth-order valence-corrected chi connectivity index (χ4v) is 3.74.